The number of fused-ring (bicyclic) bond motifs is 2. The van der Waals surface area contributed by atoms with Crippen LogP contribution in [-0.4, -0.2) is 14.2 Å². The molecule has 2 nitrogen and oxygen atoms in total. The van der Waals surface area contributed by atoms with Crippen molar-refractivity contribution in [2.75, 3.05) is 0 Å². The summed E-state index contributed by atoms with van der Waals surface area (Å²) in [7, 11) is -1.50. The molecule has 0 amide bonds. The molecule has 0 saturated carbocycles. The molecule has 0 spiro atoms. The maximum absolute atomic E-state index is 6.16. The zero-order valence-electron chi connectivity index (χ0n) is 13.8. The van der Waals surface area contributed by atoms with Gasteiger partial charge >= 0.3 is 0 Å². The number of hydrogen-bond acceptors (Lipinski definition) is 3. The summed E-state index contributed by atoms with van der Waals surface area (Å²) in [6.07, 6.45) is 0.163. The highest BCUT2D eigenvalue weighted by Crippen LogP contribution is 2.47. The third-order valence-corrected chi connectivity index (χ3v) is 6.86. The van der Waals surface area contributed by atoms with Crippen molar-refractivity contribution in [2.24, 2.45) is 0 Å². The average Bonchev–Trinajstić information content (AvgIpc) is 2.42. The Bertz CT molecular complexity index is 705. The van der Waals surface area contributed by atoms with Gasteiger partial charge in [0, 0.05) is 6.07 Å². The molecule has 0 radical (unpaired) electrons. The van der Waals surface area contributed by atoms with E-state index >= 15 is 0 Å². The van der Waals surface area contributed by atoms with Crippen molar-refractivity contribution in [1.82, 2.24) is 0 Å². The summed E-state index contributed by atoms with van der Waals surface area (Å²) in [5.74, 6) is 2.77. The molecule has 0 unspecified atom stereocenters. The lowest BCUT2D eigenvalue weighted by Crippen LogP contribution is -2.39. The van der Waals surface area contributed by atoms with E-state index in [4.69, 9.17) is 9.47 Å². The Labute approximate surface area is 137 Å². The topological polar surface area (TPSA) is 18.5 Å². The van der Waals surface area contributed by atoms with Crippen LogP contribution in [0, 0.1) is 0 Å². The van der Waals surface area contributed by atoms with Gasteiger partial charge in [0.15, 0.2) is 0 Å². The van der Waals surface area contributed by atoms with Crippen LogP contribution in [0.15, 0.2) is 46.2 Å². The van der Waals surface area contributed by atoms with E-state index in [1.807, 2.05) is 30.0 Å². The zero-order chi connectivity index (χ0) is 15.9. The van der Waals surface area contributed by atoms with Crippen LogP contribution in [0.3, 0.4) is 0 Å². The van der Waals surface area contributed by atoms with Crippen molar-refractivity contribution in [3.05, 3.63) is 36.4 Å². The van der Waals surface area contributed by atoms with E-state index in [9.17, 15) is 0 Å². The second kappa shape index (κ2) is 5.67. The van der Waals surface area contributed by atoms with Crippen LogP contribution in [0.2, 0.25) is 19.6 Å². The summed E-state index contributed by atoms with van der Waals surface area (Å²) in [6, 6.07) is 12.5. The number of para-hydroxylation sites is 1. The second-order valence-corrected chi connectivity index (χ2v) is 13.0. The molecule has 0 aromatic heterocycles. The van der Waals surface area contributed by atoms with Gasteiger partial charge in [0.1, 0.15) is 17.2 Å². The normalized spacial score (nSPS) is 13.4. The summed E-state index contributed by atoms with van der Waals surface area (Å²) >= 11 is 1.82. The van der Waals surface area contributed by atoms with Gasteiger partial charge in [-0.05, 0) is 37.2 Å². The first kappa shape index (κ1) is 15.5. The smallest absolute Gasteiger partial charge is 0.144 e. The first-order chi connectivity index (χ1) is 10.3. The van der Waals surface area contributed by atoms with E-state index in [-0.39, 0.29) is 6.10 Å². The lowest BCUT2D eigenvalue weighted by molar-refractivity contribution is 0.241. The fourth-order valence-corrected chi connectivity index (χ4v) is 5.90. The molecule has 1 heterocycles. The molecule has 2 aromatic rings. The Kier molecular flexibility index (Phi) is 3.99. The Hall–Kier alpha value is -1.39. The van der Waals surface area contributed by atoms with Gasteiger partial charge in [-0.3, -0.25) is 0 Å². The summed E-state index contributed by atoms with van der Waals surface area (Å²) in [4.78, 5) is 2.45. The highest BCUT2D eigenvalue weighted by molar-refractivity contribution is 7.99. The minimum absolute atomic E-state index is 0.163. The lowest BCUT2D eigenvalue weighted by Gasteiger charge is -2.28. The van der Waals surface area contributed by atoms with Crippen molar-refractivity contribution in [2.45, 2.75) is 49.4 Å². The molecular weight excluding hydrogens is 308 g/mol. The molecule has 1 aliphatic rings. The van der Waals surface area contributed by atoms with Crippen molar-refractivity contribution < 1.29 is 9.47 Å². The van der Waals surface area contributed by atoms with Gasteiger partial charge in [0.25, 0.3) is 0 Å². The summed E-state index contributed by atoms with van der Waals surface area (Å²) in [5, 5.41) is 1.40. The van der Waals surface area contributed by atoms with Crippen LogP contribution in [0.5, 0.6) is 17.2 Å². The molecule has 3 rings (SSSR count). The van der Waals surface area contributed by atoms with E-state index in [2.05, 4.69) is 51.7 Å². The molecular formula is C18H22O2SSi. The highest BCUT2D eigenvalue weighted by Gasteiger charge is 2.28. The third kappa shape index (κ3) is 3.03. The van der Waals surface area contributed by atoms with Gasteiger partial charge in [-0.1, -0.05) is 43.5 Å². The molecule has 0 aliphatic carbocycles. The minimum Gasteiger partial charge on any atom is -0.491 e. The van der Waals surface area contributed by atoms with Crippen LogP contribution in [0.25, 0.3) is 0 Å². The molecule has 0 bridgehead atoms. The van der Waals surface area contributed by atoms with Gasteiger partial charge in [-0.2, -0.15) is 0 Å². The largest absolute Gasteiger partial charge is 0.491 e. The molecule has 22 heavy (non-hydrogen) atoms. The molecule has 0 atom stereocenters. The fourth-order valence-electron chi connectivity index (χ4n) is 2.50. The van der Waals surface area contributed by atoms with Gasteiger partial charge in [-0.25, -0.2) is 0 Å². The molecule has 0 saturated heterocycles. The summed E-state index contributed by atoms with van der Waals surface area (Å²) < 4.78 is 12.1. The molecule has 116 valence electrons. The maximum Gasteiger partial charge on any atom is 0.144 e. The van der Waals surface area contributed by atoms with Crippen LogP contribution < -0.4 is 14.7 Å². The van der Waals surface area contributed by atoms with Gasteiger partial charge < -0.3 is 9.47 Å². The summed E-state index contributed by atoms with van der Waals surface area (Å²) in [6.45, 7) is 11.2. The van der Waals surface area contributed by atoms with Gasteiger partial charge in [0.05, 0.1) is 24.0 Å². The molecule has 0 N–H and O–H groups in total. The van der Waals surface area contributed by atoms with Crippen LogP contribution in [0.1, 0.15) is 13.8 Å². The van der Waals surface area contributed by atoms with E-state index in [1.54, 1.807) is 0 Å². The van der Waals surface area contributed by atoms with E-state index in [0.29, 0.717) is 0 Å². The number of hydrogen-bond donors (Lipinski definition) is 0. The van der Waals surface area contributed by atoms with Crippen molar-refractivity contribution in [3.8, 4) is 17.2 Å². The molecule has 0 fully saturated rings. The molecule has 1 aliphatic heterocycles. The van der Waals surface area contributed by atoms with Crippen molar-refractivity contribution in [3.63, 3.8) is 0 Å². The maximum atomic E-state index is 6.16. The standard InChI is InChI=1S/C18H22O2SSi/c1-12(2)19-13-10-15-18(17(11-13)22(3,4)5)21-16-9-7-6-8-14(16)20-15/h6-12H,1-5H3. The Morgan fingerprint density at radius 3 is 2.45 bits per heavy atom. The monoisotopic (exact) mass is 330 g/mol. The predicted octanol–water partition coefficient (Wildman–Crippen LogP) is 5.28. The quantitative estimate of drug-likeness (QED) is 0.609. The van der Waals surface area contributed by atoms with Crippen molar-refractivity contribution in [1.29, 1.82) is 0 Å². The number of rotatable bonds is 3. The van der Waals surface area contributed by atoms with Crippen LogP contribution in [-0.2, 0) is 0 Å². The fraction of sp³-hybridized carbons (Fsp3) is 0.333. The highest BCUT2D eigenvalue weighted by atomic mass is 32.2. The van der Waals surface area contributed by atoms with Gasteiger partial charge in [-0.15, -0.1) is 0 Å². The minimum atomic E-state index is -1.50. The van der Waals surface area contributed by atoms with E-state index < -0.39 is 8.07 Å². The number of benzene rings is 2. The van der Waals surface area contributed by atoms with Crippen LogP contribution in [0.4, 0.5) is 0 Å². The lowest BCUT2D eigenvalue weighted by atomic mass is 10.3. The first-order valence-electron chi connectivity index (χ1n) is 7.64. The number of ether oxygens (including phenoxy) is 2. The van der Waals surface area contributed by atoms with Crippen LogP contribution >= 0.6 is 11.8 Å². The van der Waals surface area contributed by atoms with E-state index in [1.165, 1.54) is 15.0 Å². The second-order valence-electron chi connectivity index (χ2n) is 6.87. The SMILES string of the molecule is CC(C)Oc1cc2c(c([Si](C)(C)C)c1)Sc1ccccc1O2. The van der Waals surface area contributed by atoms with Gasteiger partial charge in [0.2, 0.25) is 0 Å². The summed E-state index contributed by atoms with van der Waals surface area (Å²) in [5.41, 5.74) is 0. The zero-order valence-corrected chi connectivity index (χ0v) is 15.6. The molecule has 4 heteroatoms. The Balaban J connectivity index is 2.12. The van der Waals surface area contributed by atoms with E-state index in [0.717, 1.165) is 17.2 Å². The Morgan fingerprint density at radius 2 is 1.77 bits per heavy atom. The first-order valence-corrected chi connectivity index (χ1v) is 12.0. The average molecular weight is 331 g/mol. The van der Waals surface area contributed by atoms with Crippen molar-refractivity contribution >= 4 is 25.0 Å². The predicted molar refractivity (Wildman–Crippen MR) is 95.8 cm³/mol. The molecule has 2 aromatic carbocycles. The Morgan fingerprint density at radius 1 is 1.05 bits per heavy atom. The third-order valence-electron chi connectivity index (χ3n) is 3.49.